The molecule has 0 saturated heterocycles. The molecule has 4 nitrogen and oxygen atoms in total. The molecule has 2 rings (SSSR count). The Morgan fingerprint density at radius 3 is 2.58 bits per heavy atom. The van der Waals surface area contributed by atoms with E-state index < -0.39 is 5.60 Å². The molecule has 1 saturated carbocycles. The first-order chi connectivity index (χ1) is 8.90. The van der Waals surface area contributed by atoms with Gasteiger partial charge in [0.1, 0.15) is 5.82 Å². The highest BCUT2D eigenvalue weighted by atomic mass is 16.3. The van der Waals surface area contributed by atoms with Gasteiger partial charge in [-0.25, -0.2) is 4.98 Å². The summed E-state index contributed by atoms with van der Waals surface area (Å²) in [6, 6.07) is 0. The summed E-state index contributed by atoms with van der Waals surface area (Å²) in [5.41, 5.74) is -0.0976. The van der Waals surface area contributed by atoms with Gasteiger partial charge in [-0.2, -0.15) is 0 Å². The molecular formula is C15H27N3O. The number of nitrogens with one attached hydrogen (secondary N) is 1. The topological polar surface area (TPSA) is 50.1 Å². The van der Waals surface area contributed by atoms with E-state index in [1.807, 2.05) is 19.3 Å². The standard InChI is InChI=1S/C15H27N3O/c1-13-17-9-11-18(13)10-8-16-12-15(19)6-4-14(2,3)5-7-15/h9,11,16,19H,4-8,10,12H2,1-3H3. The van der Waals surface area contributed by atoms with Gasteiger partial charge in [0.25, 0.3) is 0 Å². The van der Waals surface area contributed by atoms with Crippen LogP contribution >= 0.6 is 0 Å². The maximum atomic E-state index is 10.5. The van der Waals surface area contributed by atoms with E-state index in [9.17, 15) is 5.11 Å². The Morgan fingerprint density at radius 2 is 2.00 bits per heavy atom. The highest BCUT2D eigenvalue weighted by Crippen LogP contribution is 2.39. The summed E-state index contributed by atoms with van der Waals surface area (Å²) < 4.78 is 2.13. The Kier molecular flexibility index (Phi) is 4.31. The Morgan fingerprint density at radius 1 is 1.32 bits per heavy atom. The lowest BCUT2D eigenvalue weighted by molar-refractivity contribution is -0.0242. The van der Waals surface area contributed by atoms with Crippen molar-refractivity contribution in [2.45, 2.75) is 58.6 Å². The first-order valence-corrected chi connectivity index (χ1v) is 7.31. The van der Waals surface area contributed by atoms with Gasteiger partial charge in [-0.05, 0) is 38.0 Å². The highest BCUT2D eigenvalue weighted by Gasteiger charge is 2.36. The van der Waals surface area contributed by atoms with Crippen LogP contribution in [0.15, 0.2) is 12.4 Å². The van der Waals surface area contributed by atoms with Gasteiger partial charge in [-0.1, -0.05) is 13.8 Å². The second-order valence-corrected chi connectivity index (χ2v) is 6.73. The van der Waals surface area contributed by atoms with Crippen LogP contribution in [0.5, 0.6) is 0 Å². The number of aliphatic hydroxyl groups is 1. The van der Waals surface area contributed by atoms with Crippen LogP contribution in [-0.4, -0.2) is 33.3 Å². The lowest BCUT2D eigenvalue weighted by Gasteiger charge is -2.40. The molecule has 4 heteroatoms. The fourth-order valence-electron chi connectivity index (χ4n) is 2.73. The molecule has 0 atom stereocenters. The molecule has 1 aromatic heterocycles. The first kappa shape index (κ1) is 14.5. The third-order valence-electron chi connectivity index (χ3n) is 4.44. The van der Waals surface area contributed by atoms with Crippen LogP contribution in [0.2, 0.25) is 0 Å². The smallest absolute Gasteiger partial charge is 0.105 e. The van der Waals surface area contributed by atoms with Gasteiger partial charge in [0.15, 0.2) is 0 Å². The second-order valence-electron chi connectivity index (χ2n) is 6.73. The van der Waals surface area contributed by atoms with E-state index in [1.54, 1.807) is 0 Å². The molecule has 108 valence electrons. The van der Waals surface area contributed by atoms with Crippen molar-refractivity contribution in [3.63, 3.8) is 0 Å². The van der Waals surface area contributed by atoms with Crippen molar-refractivity contribution < 1.29 is 5.11 Å². The second kappa shape index (κ2) is 5.63. The van der Waals surface area contributed by atoms with E-state index in [4.69, 9.17) is 0 Å². The molecular weight excluding hydrogens is 238 g/mol. The average molecular weight is 265 g/mol. The Balaban J connectivity index is 1.70. The van der Waals surface area contributed by atoms with Crippen molar-refractivity contribution in [1.82, 2.24) is 14.9 Å². The largest absolute Gasteiger partial charge is 0.389 e. The molecule has 1 aliphatic rings. The summed E-state index contributed by atoms with van der Waals surface area (Å²) in [5, 5.41) is 13.9. The maximum Gasteiger partial charge on any atom is 0.105 e. The molecule has 2 N–H and O–H groups in total. The van der Waals surface area contributed by atoms with Crippen molar-refractivity contribution in [2.24, 2.45) is 5.41 Å². The van der Waals surface area contributed by atoms with Gasteiger partial charge in [0, 0.05) is 32.0 Å². The monoisotopic (exact) mass is 265 g/mol. The molecule has 0 radical (unpaired) electrons. The minimum Gasteiger partial charge on any atom is -0.389 e. The van der Waals surface area contributed by atoms with Crippen LogP contribution in [0.25, 0.3) is 0 Å². The predicted molar refractivity (Wildman–Crippen MR) is 77.0 cm³/mol. The lowest BCUT2D eigenvalue weighted by atomic mass is 9.71. The maximum absolute atomic E-state index is 10.5. The van der Waals surface area contributed by atoms with Crippen LogP contribution in [0, 0.1) is 12.3 Å². The minimum absolute atomic E-state index is 0.403. The third kappa shape index (κ3) is 4.05. The van der Waals surface area contributed by atoms with E-state index in [-0.39, 0.29) is 0 Å². The summed E-state index contributed by atoms with van der Waals surface area (Å²) in [7, 11) is 0. The van der Waals surface area contributed by atoms with Gasteiger partial charge >= 0.3 is 0 Å². The van der Waals surface area contributed by atoms with Crippen LogP contribution in [-0.2, 0) is 6.54 Å². The van der Waals surface area contributed by atoms with E-state index in [1.165, 1.54) is 0 Å². The van der Waals surface area contributed by atoms with Gasteiger partial charge in [0.2, 0.25) is 0 Å². The van der Waals surface area contributed by atoms with Gasteiger partial charge in [-0.15, -0.1) is 0 Å². The zero-order valence-electron chi connectivity index (χ0n) is 12.4. The van der Waals surface area contributed by atoms with Gasteiger partial charge in [0.05, 0.1) is 5.60 Å². The molecule has 1 heterocycles. The molecule has 0 spiro atoms. The van der Waals surface area contributed by atoms with Crippen molar-refractivity contribution in [1.29, 1.82) is 0 Å². The number of aromatic nitrogens is 2. The Bertz CT molecular complexity index is 401. The van der Waals surface area contributed by atoms with E-state index in [0.717, 1.165) is 44.6 Å². The molecule has 0 aliphatic heterocycles. The number of imidazole rings is 1. The number of rotatable bonds is 5. The van der Waals surface area contributed by atoms with Gasteiger partial charge in [-0.3, -0.25) is 0 Å². The molecule has 0 unspecified atom stereocenters. The van der Waals surface area contributed by atoms with Crippen molar-refractivity contribution in [3.05, 3.63) is 18.2 Å². The molecule has 0 bridgehead atoms. The van der Waals surface area contributed by atoms with Crippen molar-refractivity contribution in [2.75, 3.05) is 13.1 Å². The molecule has 19 heavy (non-hydrogen) atoms. The fourth-order valence-corrected chi connectivity index (χ4v) is 2.73. The zero-order valence-corrected chi connectivity index (χ0v) is 12.4. The Hall–Kier alpha value is -0.870. The van der Waals surface area contributed by atoms with Crippen LogP contribution < -0.4 is 5.32 Å². The quantitative estimate of drug-likeness (QED) is 0.802. The third-order valence-corrected chi connectivity index (χ3v) is 4.44. The number of aryl methyl sites for hydroxylation is 1. The molecule has 0 amide bonds. The average Bonchev–Trinajstić information content (AvgIpc) is 2.76. The number of hydrogen-bond donors (Lipinski definition) is 2. The molecule has 1 aliphatic carbocycles. The molecule has 0 aromatic carbocycles. The number of nitrogens with zero attached hydrogens (tertiary/aromatic N) is 2. The summed E-state index contributed by atoms with van der Waals surface area (Å²) in [4.78, 5) is 4.20. The Labute approximate surface area is 116 Å². The first-order valence-electron chi connectivity index (χ1n) is 7.31. The molecule has 1 fully saturated rings. The predicted octanol–water partition coefficient (Wildman–Crippen LogP) is 2.11. The van der Waals surface area contributed by atoms with Crippen LogP contribution in [0.1, 0.15) is 45.4 Å². The summed E-state index contributed by atoms with van der Waals surface area (Å²) in [6.07, 6.45) is 7.88. The van der Waals surface area contributed by atoms with Crippen molar-refractivity contribution >= 4 is 0 Å². The van der Waals surface area contributed by atoms with E-state index in [2.05, 4.69) is 28.7 Å². The van der Waals surface area contributed by atoms with Crippen LogP contribution in [0.3, 0.4) is 0 Å². The fraction of sp³-hybridized carbons (Fsp3) is 0.800. The van der Waals surface area contributed by atoms with E-state index >= 15 is 0 Å². The lowest BCUT2D eigenvalue weighted by Crippen LogP contribution is -2.45. The van der Waals surface area contributed by atoms with E-state index in [0.29, 0.717) is 12.0 Å². The summed E-state index contributed by atoms with van der Waals surface area (Å²) >= 11 is 0. The highest BCUT2D eigenvalue weighted by molar-refractivity contribution is 4.91. The van der Waals surface area contributed by atoms with Crippen LogP contribution in [0.4, 0.5) is 0 Å². The SMILES string of the molecule is Cc1nccn1CCNCC1(O)CCC(C)(C)CC1. The number of hydrogen-bond acceptors (Lipinski definition) is 3. The van der Waals surface area contributed by atoms with Crippen molar-refractivity contribution in [3.8, 4) is 0 Å². The molecule has 1 aromatic rings. The summed E-state index contributed by atoms with van der Waals surface area (Å²) in [5.74, 6) is 1.04. The zero-order chi connectivity index (χ0) is 13.9. The normalized spacial score (nSPS) is 21.5. The van der Waals surface area contributed by atoms with Gasteiger partial charge < -0.3 is 15.0 Å². The summed E-state index contributed by atoms with van der Waals surface area (Å²) in [6.45, 7) is 9.09. The minimum atomic E-state index is -0.500.